The van der Waals surface area contributed by atoms with Gasteiger partial charge in [-0.25, -0.2) is 9.78 Å². The Balaban J connectivity index is 2.08. The van der Waals surface area contributed by atoms with E-state index in [1.165, 1.54) is 22.7 Å². The Bertz CT molecular complexity index is 939. The van der Waals surface area contributed by atoms with Crippen molar-refractivity contribution in [3.8, 4) is 33.3 Å². The zero-order valence-corrected chi connectivity index (χ0v) is 17.1. The molecular weight excluding hydrogens is 390 g/mol. The number of thioether (sulfide) groups is 1. The van der Waals surface area contributed by atoms with Gasteiger partial charge in [0.2, 0.25) is 0 Å². The molecule has 0 unspecified atom stereocenters. The summed E-state index contributed by atoms with van der Waals surface area (Å²) in [6, 6.07) is 5.62. The lowest BCUT2D eigenvalue weighted by atomic mass is 10.1. The van der Waals surface area contributed by atoms with Crippen molar-refractivity contribution < 1.29 is 19.4 Å². The molecule has 1 aromatic carbocycles. The minimum atomic E-state index is -0.900. The number of thiophene rings is 1. The molecular formula is C18H17NO4S3. The SMILES string of the molecule is COc1cc(OC)cc(-c2csc(-c3c(SC)sc(C(=O)O)c3C)n2)c1. The number of carboxylic acid groups (broad SMARTS) is 1. The lowest BCUT2D eigenvalue weighted by molar-refractivity contribution is 0.0701. The molecule has 0 aliphatic rings. The van der Waals surface area contributed by atoms with Crippen molar-refractivity contribution in [2.24, 2.45) is 0 Å². The average Bonchev–Trinajstić information content (AvgIpc) is 3.25. The van der Waals surface area contributed by atoms with E-state index in [1.807, 2.05) is 36.8 Å². The number of carbonyl (C=O) groups is 1. The van der Waals surface area contributed by atoms with E-state index < -0.39 is 5.97 Å². The lowest BCUT2D eigenvalue weighted by Gasteiger charge is -2.06. The fourth-order valence-corrected chi connectivity index (χ4v) is 5.54. The zero-order chi connectivity index (χ0) is 18.8. The van der Waals surface area contributed by atoms with Crippen molar-refractivity contribution in [2.75, 3.05) is 20.5 Å². The summed E-state index contributed by atoms with van der Waals surface area (Å²) < 4.78 is 11.6. The molecule has 0 aliphatic heterocycles. The number of ether oxygens (including phenoxy) is 2. The standard InChI is InChI=1S/C18H17NO4S3/c1-9-14(18(24-4)26-15(9)17(20)21)16-19-13(8-25-16)10-5-11(22-2)7-12(6-10)23-3/h5-8H,1-4H3,(H,20,21). The number of hydrogen-bond donors (Lipinski definition) is 1. The maximum Gasteiger partial charge on any atom is 0.346 e. The summed E-state index contributed by atoms with van der Waals surface area (Å²) >= 11 is 4.34. The van der Waals surface area contributed by atoms with E-state index in [0.29, 0.717) is 16.4 Å². The Hall–Kier alpha value is -2.03. The van der Waals surface area contributed by atoms with Crippen LogP contribution in [-0.4, -0.2) is 36.5 Å². The molecule has 136 valence electrons. The van der Waals surface area contributed by atoms with Crippen molar-refractivity contribution in [2.45, 2.75) is 11.1 Å². The number of benzene rings is 1. The maximum absolute atomic E-state index is 11.5. The van der Waals surface area contributed by atoms with E-state index >= 15 is 0 Å². The average molecular weight is 408 g/mol. The minimum Gasteiger partial charge on any atom is -0.497 e. The molecule has 0 saturated heterocycles. The first-order chi connectivity index (χ1) is 12.5. The molecule has 3 rings (SSSR count). The van der Waals surface area contributed by atoms with Crippen LogP contribution in [-0.2, 0) is 0 Å². The summed E-state index contributed by atoms with van der Waals surface area (Å²) in [4.78, 5) is 16.6. The first kappa shape index (κ1) is 18.8. The lowest BCUT2D eigenvalue weighted by Crippen LogP contribution is -1.94. The third-order valence-electron chi connectivity index (χ3n) is 3.86. The van der Waals surface area contributed by atoms with Crippen LogP contribution in [0.4, 0.5) is 0 Å². The number of nitrogens with zero attached hydrogens (tertiary/aromatic N) is 1. The first-order valence-electron chi connectivity index (χ1n) is 7.58. The normalized spacial score (nSPS) is 10.8. The monoisotopic (exact) mass is 407 g/mol. The summed E-state index contributed by atoms with van der Waals surface area (Å²) in [6.45, 7) is 1.84. The highest BCUT2D eigenvalue weighted by Crippen LogP contribution is 2.43. The zero-order valence-electron chi connectivity index (χ0n) is 14.7. The van der Waals surface area contributed by atoms with E-state index in [-0.39, 0.29) is 0 Å². The van der Waals surface area contributed by atoms with Gasteiger partial charge >= 0.3 is 5.97 Å². The van der Waals surface area contributed by atoms with Gasteiger partial charge in [-0.05, 0) is 30.9 Å². The van der Waals surface area contributed by atoms with E-state index in [9.17, 15) is 9.90 Å². The third kappa shape index (κ3) is 3.44. The minimum absolute atomic E-state index is 0.365. The molecule has 0 amide bonds. The predicted molar refractivity (Wildman–Crippen MR) is 107 cm³/mol. The highest BCUT2D eigenvalue weighted by Gasteiger charge is 2.22. The number of carboxylic acids is 1. The van der Waals surface area contributed by atoms with Crippen LogP contribution in [0, 0.1) is 6.92 Å². The summed E-state index contributed by atoms with van der Waals surface area (Å²) in [5.74, 6) is 0.487. The van der Waals surface area contributed by atoms with E-state index in [2.05, 4.69) is 0 Å². The number of aromatic carboxylic acids is 1. The van der Waals surface area contributed by atoms with Gasteiger partial charge in [0.1, 0.15) is 21.4 Å². The van der Waals surface area contributed by atoms with Gasteiger partial charge in [-0.15, -0.1) is 34.4 Å². The molecule has 0 bridgehead atoms. The number of aromatic nitrogens is 1. The van der Waals surface area contributed by atoms with Crippen LogP contribution in [0.1, 0.15) is 15.2 Å². The highest BCUT2D eigenvalue weighted by atomic mass is 32.2. The molecule has 0 spiro atoms. The second-order valence-corrected chi connectivity index (χ2v) is 8.32. The second kappa shape index (κ2) is 7.69. The van der Waals surface area contributed by atoms with Crippen molar-refractivity contribution >= 4 is 40.4 Å². The molecule has 2 aromatic heterocycles. The van der Waals surface area contributed by atoms with Crippen molar-refractivity contribution in [3.63, 3.8) is 0 Å². The van der Waals surface area contributed by atoms with Gasteiger partial charge in [-0.1, -0.05) is 0 Å². The third-order valence-corrected chi connectivity index (χ3v) is 7.12. The van der Waals surface area contributed by atoms with Crippen LogP contribution in [0.3, 0.4) is 0 Å². The van der Waals surface area contributed by atoms with Gasteiger partial charge in [0, 0.05) is 22.6 Å². The van der Waals surface area contributed by atoms with Crippen molar-refractivity contribution in [1.82, 2.24) is 4.98 Å². The summed E-state index contributed by atoms with van der Waals surface area (Å²) in [5.41, 5.74) is 3.36. The Morgan fingerprint density at radius 3 is 2.38 bits per heavy atom. The van der Waals surface area contributed by atoms with Gasteiger partial charge in [0.05, 0.1) is 24.1 Å². The van der Waals surface area contributed by atoms with Crippen LogP contribution in [0.25, 0.3) is 21.8 Å². The molecule has 8 heteroatoms. The van der Waals surface area contributed by atoms with Crippen LogP contribution in [0.2, 0.25) is 0 Å². The molecule has 0 fully saturated rings. The smallest absolute Gasteiger partial charge is 0.346 e. The molecule has 0 aliphatic carbocycles. The number of hydrogen-bond acceptors (Lipinski definition) is 7. The van der Waals surface area contributed by atoms with E-state index in [1.54, 1.807) is 26.0 Å². The van der Waals surface area contributed by atoms with Gasteiger partial charge < -0.3 is 14.6 Å². The Labute approximate surface area is 163 Å². The molecule has 5 nitrogen and oxygen atoms in total. The number of thiazole rings is 1. The molecule has 3 aromatic rings. The number of rotatable bonds is 6. The highest BCUT2D eigenvalue weighted by molar-refractivity contribution is 8.00. The molecule has 0 saturated carbocycles. The quantitative estimate of drug-likeness (QED) is 0.560. The molecule has 0 radical (unpaired) electrons. The fraction of sp³-hybridized carbons (Fsp3) is 0.222. The first-order valence-corrected chi connectivity index (χ1v) is 10.5. The largest absolute Gasteiger partial charge is 0.497 e. The summed E-state index contributed by atoms with van der Waals surface area (Å²) in [6.07, 6.45) is 1.95. The van der Waals surface area contributed by atoms with Crippen molar-refractivity contribution in [3.05, 3.63) is 34.0 Å². The fourth-order valence-electron chi connectivity index (χ4n) is 2.56. The van der Waals surface area contributed by atoms with Gasteiger partial charge in [-0.2, -0.15) is 0 Å². The van der Waals surface area contributed by atoms with Crippen LogP contribution >= 0.6 is 34.4 Å². The van der Waals surface area contributed by atoms with Gasteiger partial charge in [-0.3, -0.25) is 0 Å². The van der Waals surface area contributed by atoms with Crippen LogP contribution in [0.15, 0.2) is 27.8 Å². The summed E-state index contributed by atoms with van der Waals surface area (Å²) in [7, 11) is 3.22. The predicted octanol–water partition coefficient (Wildman–Crippen LogP) is 5.28. The molecule has 2 heterocycles. The summed E-state index contributed by atoms with van der Waals surface area (Å²) in [5, 5.41) is 12.2. The second-order valence-electron chi connectivity index (χ2n) is 5.37. The van der Waals surface area contributed by atoms with E-state index in [4.69, 9.17) is 14.5 Å². The Morgan fingerprint density at radius 1 is 1.19 bits per heavy atom. The Kier molecular flexibility index (Phi) is 5.55. The van der Waals surface area contributed by atoms with Gasteiger partial charge in [0.25, 0.3) is 0 Å². The molecule has 1 N–H and O–H groups in total. The number of methoxy groups -OCH3 is 2. The molecule has 0 atom stereocenters. The van der Waals surface area contributed by atoms with Crippen molar-refractivity contribution in [1.29, 1.82) is 0 Å². The Morgan fingerprint density at radius 2 is 1.85 bits per heavy atom. The topological polar surface area (TPSA) is 68.7 Å². The maximum atomic E-state index is 11.5. The van der Waals surface area contributed by atoms with E-state index in [0.717, 1.165) is 31.6 Å². The van der Waals surface area contributed by atoms with Crippen LogP contribution < -0.4 is 9.47 Å². The molecule has 26 heavy (non-hydrogen) atoms. The van der Waals surface area contributed by atoms with Gasteiger partial charge in [0.15, 0.2) is 0 Å². The van der Waals surface area contributed by atoms with Crippen LogP contribution in [0.5, 0.6) is 11.5 Å².